The zero-order chi connectivity index (χ0) is 30.7. The lowest BCUT2D eigenvalue weighted by Gasteiger charge is -2.17. The molecule has 0 saturated carbocycles. The highest BCUT2D eigenvalue weighted by Gasteiger charge is 2.19. The summed E-state index contributed by atoms with van der Waals surface area (Å²) in [7, 11) is 5.87. The highest BCUT2D eigenvalue weighted by molar-refractivity contribution is 6.08. The first-order chi connectivity index (χ1) is 20.8. The van der Waals surface area contributed by atoms with Gasteiger partial charge in [0.2, 0.25) is 5.88 Å². The molecule has 43 heavy (non-hydrogen) atoms. The summed E-state index contributed by atoms with van der Waals surface area (Å²) in [5.41, 5.74) is 9.40. The minimum absolute atomic E-state index is 0.00861. The number of aromatic nitrogens is 4. The van der Waals surface area contributed by atoms with Crippen LogP contribution >= 0.6 is 0 Å². The predicted molar refractivity (Wildman–Crippen MR) is 157 cm³/mol. The number of nitrogens with two attached hydrogens (primary N) is 1. The topological polar surface area (TPSA) is 181 Å². The number of aromatic carboxylic acids is 1. The van der Waals surface area contributed by atoms with E-state index in [2.05, 4.69) is 25.3 Å². The number of carboxylic acid groups (broad SMARTS) is 1. The maximum absolute atomic E-state index is 12.5. The Morgan fingerprint density at radius 3 is 2.28 bits per heavy atom. The summed E-state index contributed by atoms with van der Waals surface area (Å²) in [6, 6.07) is 11.8. The fraction of sp³-hybridized carbons (Fsp3) is 0.133. The first kappa shape index (κ1) is 28.5. The van der Waals surface area contributed by atoms with Gasteiger partial charge in [-0.1, -0.05) is 12.1 Å². The number of nitrogens with one attached hydrogen (secondary N) is 1. The monoisotopic (exact) mass is 582 g/mol. The fourth-order valence-electron chi connectivity index (χ4n) is 4.61. The Kier molecular flexibility index (Phi) is 7.88. The highest BCUT2D eigenvalue weighted by atomic mass is 16.5. The van der Waals surface area contributed by atoms with Crippen molar-refractivity contribution in [3.05, 3.63) is 72.2 Å². The molecule has 218 valence electrons. The van der Waals surface area contributed by atoms with Crippen LogP contribution in [0.4, 0.5) is 11.4 Å². The second kappa shape index (κ2) is 11.9. The van der Waals surface area contributed by atoms with E-state index in [9.17, 15) is 14.7 Å². The van der Waals surface area contributed by atoms with Crippen molar-refractivity contribution in [1.29, 1.82) is 0 Å². The molecule has 0 saturated heterocycles. The van der Waals surface area contributed by atoms with Crippen LogP contribution in [0.5, 0.6) is 23.5 Å². The van der Waals surface area contributed by atoms with Crippen molar-refractivity contribution in [2.24, 2.45) is 5.73 Å². The Balaban J connectivity index is 1.65. The molecule has 0 bridgehead atoms. The number of hydrogen-bond donors (Lipinski definition) is 3. The van der Waals surface area contributed by atoms with E-state index in [4.69, 9.17) is 24.7 Å². The van der Waals surface area contributed by atoms with Crippen molar-refractivity contribution in [1.82, 2.24) is 19.9 Å². The van der Waals surface area contributed by atoms with Gasteiger partial charge in [-0.25, -0.2) is 14.8 Å². The van der Waals surface area contributed by atoms with E-state index in [0.717, 1.165) is 0 Å². The number of amides is 1. The number of hydrogen-bond acceptors (Lipinski definition) is 11. The van der Waals surface area contributed by atoms with E-state index in [1.54, 1.807) is 36.5 Å². The van der Waals surface area contributed by atoms with Crippen molar-refractivity contribution < 1.29 is 33.6 Å². The summed E-state index contributed by atoms with van der Waals surface area (Å²) in [4.78, 5) is 41.6. The molecule has 5 rings (SSSR count). The van der Waals surface area contributed by atoms with Crippen molar-refractivity contribution >= 4 is 34.2 Å². The van der Waals surface area contributed by atoms with Crippen LogP contribution in [0.1, 0.15) is 20.7 Å². The van der Waals surface area contributed by atoms with Crippen LogP contribution in [-0.2, 0) is 0 Å². The molecule has 4 N–H and O–H groups in total. The van der Waals surface area contributed by atoms with Gasteiger partial charge < -0.3 is 35.1 Å². The average Bonchev–Trinajstić information content (AvgIpc) is 3.03. The molecule has 0 aliphatic rings. The summed E-state index contributed by atoms with van der Waals surface area (Å²) < 4.78 is 21.3. The molecule has 13 nitrogen and oxygen atoms in total. The van der Waals surface area contributed by atoms with E-state index in [0.29, 0.717) is 56.2 Å². The van der Waals surface area contributed by atoms with Crippen LogP contribution < -0.4 is 30.0 Å². The summed E-state index contributed by atoms with van der Waals surface area (Å²) in [6.07, 6.45) is 4.46. The minimum atomic E-state index is -1.15. The molecule has 0 aliphatic heterocycles. The molecular formula is C30H26N6O7. The van der Waals surface area contributed by atoms with Crippen LogP contribution in [0.15, 0.2) is 61.1 Å². The van der Waals surface area contributed by atoms with Crippen LogP contribution in [0, 0.1) is 0 Å². The second-order valence-electron chi connectivity index (χ2n) is 9.05. The van der Waals surface area contributed by atoms with Gasteiger partial charge in [0.15, 0.2) is 5.75 Å². The van der Waals surface area contributed by atoms with Gasteiger partial charge in [-0.3, -0.25) is 9.78 Å². The van der Waals surface area contributed by atoms with Gasteiger partial charge >= 0.3 is 12.0 Å². The first-order valence-electron chi connectivity index (χ1n) is 12.7. The second-order valence-corrected chi connectivity index (χ2v) is 9.05. The predicted octanol–water partition coefficient (Wildman–Crippen LogP) is 4.33. The average molecular weight is 583 g/mol. The van der Waals surface area contributed by atoms with E-state index in [-0.39, 0.29) is 23.0 Å². The zero-order valence-electron chi connectivity index (χ0n) is 23.5. The van der Waals surface area contributed by atoms with Gasteiger partial charge in [-0.2, -0.15) is 4.98 Å². The number of anilines is 2. The molecule has 0 spiro atoms. The third kappa shape index (κ3) is 5.51. The molecular weight excluding hydrogens is 556 g/mol. The molecule has 3 heterocycles. The normalized spacial score (nSPS) is 10.7. The first-order valence-corrected chi connectivity index (χ1v) is 12.7. The minimum Gasteiger partial charge on any atom is -0.491 e. The van der Waals surface area contributed by atoms with Crippen molar-refractivity contribution in [2.75, 3.05) is 33.8 Å². The number of carboxylic acids is 1. The lowest BCUT2D eigenvalue weighted by Crippen LogP contribution is -2.14. The van der Waals surface area contributed by atoms with E-state index >= 15 is 0 Å². The van der Waals surface area contributed by atoms with Gasteiger partial charge in [0.1, 0.15) is 0 Å². The summed E-state index contributed by atoms with van der Waals surface area (Å²) in [5, 5.41) is 13.7. The Labute approximate surface area is 245 Å². The molecule has 2 aromatic carbocycles. The molecule has 13 heteroatoms. The zero-order valence-corrected chi connectivity index (χ0v) is 23.5. The molecule has 0 atom stereocenters. The molecule has 0 unspecified atom stereocenters. The van der Waals surface area contributed by atoms with E-state index in [1.807, 2.05) is 0 Å². The number of pyridine rings is 2. The van der Waals surface area contributed by atoms with Crippen molar-refractivity contribution in [3.63, 3.8) is 0 Å². The van der Waals surface area contributed by atoms with Gasteiger partial charge in [-0.05, 0) is 41.5 Å². The molecule has 1 amide bonds. The number of fused-ring (bicyclic) bond motifs is 1. The van der Waals surface area contributed by atoms with Gasteiger partial charge in [0, 0.05) is 35.2 Å². The van der Waals surface area contributed by atoms with Gasteiger partial charge in [0.05, 0.1) is 56.3 Å². The third-order valence-corrected chi connectivity index (χ3v) is 6.58. The third-order valence-electron chi connectivity index (χ3n) is 6.58. The van der Waals surface area contributed by atoms with Crippen LogP contribution in [0.2, 0.25) is 0 Å². The molecule has 3 aromatic heterocycles. The Hall–Kier alpha value is -5.98. The van der Waals surface area contributed by atoms with E-state index < -0.39 is 11.9 Å². The molecule has 5 aromatic rings. The summed E-state index contributed by atoms with van der Waals surface area (Å²) >= 11 is 0. The lowest BCUT2D eigenvalue weighted by atomic mass is 10.0. The molecule has 0 fully saturated rings. The number of benzene rings is 2. The SMILES string of the molecule is COc1ncc(-c2ccc3c(Nc4cc(C(=O)O)cc(-c5ccnc(OC)c5OC)c4)c(C(N)=O)cnc3c2)c(OC)n1. The van der Waals surface area contributed by atoms with Crippen molar-refractivity contribution in [3.8, 4) is 45.8 Å². The van der Waals surface area contributed by atoms with Crippen molar-refractivity contribution in [2.45, 2.75) is 0 Å². The smallest absolute Gasteiger partial charge is 0.335 e. The quantitative estimate of drug-likeness (QED) is 0.212. The van der Waals surface area contributed by atoms with Crippen LogP contribution in [-0.4, -0.2) is 65.4 Å². The number of carbonyl (C=O) groups is 2. The molecule has 0 aliphatic carbocycles. The lowest BCUT2D eigenvalue weighted by molar-refractivity contribution is 0.0696. The Morgan fingerprint density at radius 2 is 1.60 bits per heavy atom. The van der Waals surface area contributed by atoms with Crippen LogP contribution in [0.3, 0.4) is 0 Å². The maximum atomic E-state index is 12.5. The standard InChI is InChI=1S/C30H26N6O7/c1-40-25-19(7-8-32-28(25)42-3)16-9-17(29(38)39)11-18(10-16)35-24-20-6-5-15(12-23(20)33-14-22(24)26(31)37)21-13-34-30(43-4)36-27(21)41-2/h5-14H,1-4H3,(H2,31,37)(H,33,35)(H,38,39). The fourth-order valence-corrected chi connectivity index (χ4v) is 4.61. The number of carbonyl (C=O) groups excluding carboxylic acids is 1. The Morgan fingerprint density at radius 1 is 0.814 bits per heavy atom. The summed E-state index contributed by atoms with van der Waals surface area (Å²) in [5.74, 6) is -1.00. The number of nitrogens with zero attached hydrogens (tertiary/aromatic N) is 4. The summed E-state index contributed by atoms with van der Waals surface area (Å²) in [6.45, 7) is 0. The van der Waals surface area contributed by atoms with E-state index in [1.165, 1.54) is 53.0 Å². The number of primary amides is 1. The molecule has 0 radical (unpaired) electrons. The number of rotatable bonds is 10. The highest BCUT2D eigenvalue weighted by Crippen LogP contribution is 2.39. The largest absolute Gasteiger partial charge is 0.491 e. The van der Waals surface area contributed by atoms with Crippen LogP contribution in [0.25, 0.3) is 33.2 Å². The van der Waals surface area contributed by atoms with Gasteiger partial charge in [-0.15, -0.1) is 0 Å². The number of ether oxygens (including phenoxy) is 4. The number of methoxy groups -OCH3 is 4. The van der Waals surface area contributed by atoms with Gasteiger partial charge in [0.25, 0.3) is 11.8 Å². The Bertz CT molecular complexity index is 1880. The maximum Gasteiger partial charge on any atom is 0.335 e.